The zero-order valence-corrected chi connectivity index (χ0v) is 11.4. The fourth-order valence-electron chi connectivity index (χ4n) is 2.47. The minimum atomic E-state index is -0.535. The average molecular weight is 265 g/mol. The summed E-state index contributed by atoms with van der Waals surface area (Å²) in [6, 6.07) is 4.73. The van der Waals surface area contributed by atoms with Crippen LogP contribution in [0.2, 0.25) is 0 Å². The second-order valence-electron chi connectivity index (χ2n) is 4.99. The van der Waals surface area contributed by atoms with Crippen LogP contribution in [0, 0.1) is 5.82 Å². The van der Waals surface area contributed by atoms with E-state index in [1.807, 2.05) is 0 Å². The Hall–Kier alpha value is -1.62. The van der Waals surface area contributed by atoms with E-state index in [0.29, 0.717) is 19.1 Å². The van der Waals surface area contributed by atoms with Gasteiger partial charge in [-0.2, -0.15) is 0 Å². The predicted molar refractivity (Wildman–Crippen MR) is 73.4 cm³/mol. The van der Waals surface area contributed by atoms with E-state index in [4.69, 9.17) is 5.73 Å². The van der Waals surface area contributed by atoms with Crippen molar-refractivity contribution in [2.24, 2.45) is 0 Å². The summed E-state index contributed by atoms with van der Waals surface area (Å²) >= 11 is 0. The molecule has 2 N–H and O–H groups in total. The van der Waals surface area contributed by atoms with Gasteiger partial charge in [-0.05, 0) is 25.6 Å². The summed E-state index contributed by atoms with van der Waals surface area (Å²) < 4.78 is 13.4. The Balaban J connectivity index is 2.18. The first-order valence-corrected chi connectivity index (χ1v) is 6.58. The molecule has 0 aromatic heterocycles. The van der Waals surface area contributed by atoms with Crippen molar-refractivity contribution >= 4 is 11.6 Å². The first kappa shape index (κ1) is 13.8. The summed E-state index contributed by atoms with van der Waals surface area (Å²) in [5.74, 6) is -0.712. The van der Waals surface area contributed by atoms with E-state index < -0.39 is 5.82 Å². The zero-order valence-electron chi connectivity index (χ0n) is 11.4. The van der Waals surface area contributed by atoms with Crippen molar-refractivity contribution < 1.29 is 9.18 Å². The largest absolute Gasteiger partial charge is 0.396 e. The van der Waals surface area contributed by atoms with E-state index in [2.05, 4.69) is 18.9 Å². The minimum absolute atomic E-state index is 0.0560. The van der Waals surface area contributed by atoms with Gasteiger partial charge in [0.15, 0.2) is 0 Å². The monoisotopic (exact) mass is 265 g/mol. The first-order valence-electron chi connectivity index (χ1n) is 6.58. The van der Waals surface area contributed by atoms with Crippen LogP contribution in [0.15, 0.2) is 18.2 Å². The number of benzene rings is 1. The molecule has 1 aliphatic rings. The highest BCUT2D eigenvalue weighted by Crippen LogP contribution is 2.20. The molecule has 1 fully saturated rings. The molecule has 0 saturated carbocycles. The van der Waals surface area contributed by atoms with E-state index in [9.17, 15) is 9.18 Å². The van der Waals surface area contributed by atoms with Gasteiger partial charge in [0.25, 0.3) is 5.91 Å². The van der Waals surface area contributed by atoms with Gasteiger partial charge < -0.3 is 10.6 Å². The molecule has 19 heavy (non-hydrogen) atoms. The molecule has 0 radical (unpaired) electrons. The number of piperazine rings is 1. The number of carbonyl (C=O) groups is 1. The molecule has 5 heteroatoms. The van der Waals surface area contributed by atoms with Crippen molar-refractivity contribution in [2.75, 3.05) is 32.4 Å². The summed E-state index contributed by atoms with van der Waals surface area (Å²) in [7, 11) is 2.06. The zero-order chi connectivity index (χ0) is 14.0. The molecule has 1 aromatic carbocycles. The maximum atomic E-state index is 13.4. The van der Waals surface area contributed by atoms with Crippen molar-refractivity contribution in [2.45, 2.75) is 19.4 Å². The number of hydrogen-bond donors (Lipinski definition) is 1. The smallest absolute Gasteiger partial charge is 0.256 e. The van der Waals surface area contributed by atoms with Crippen molar-refractivity contribution in [3.8, 4) is 0 Å². The van der Waals surface area contributed by atoms with Gasteiger partial charge in [0.1, 0.15) is 5.82 Å². The summed E-state index contributed by atoms with van der Waals surface area (Å²) in [4.78, 5) is 16.4. The number of halogens is 1. The number of rotatable bonds is 2. The highest BCUT2D eigenvalue weighted by Gasteiger charge is 2.27. The SMILES string of the molecule is CCC1CN(C(=O)c2cccc(F)c2N)CCN1C. The lowest BCUT2D eigenvalue weighted by molar-refractivity contribution is 0.0542. The van der Waals surface area contributed by atoms with Gasteiger partial charge >= 0.3 is 0 Å². The van der Waals surface area contributed by atoms with Gasteiger partial charge in [0.2, 0.25) is 0 Å². The number of para-hydroxylation sites is 1. The lowest BCUT2D eigenvalue weighted by Gasteiger charge is -2.39. The topological polar surface area (TPSA) is 49.6 Å². The predicted octanol–water partition coefficient (Wildman–Crippen LogP) is 1.57. The van der Waals surface area contributed by atoms with Crippen LogP contribution in [0.4, 0.5) is 10.1 Å². The Labute approximate surface area is 113 Å². The third-order valence-corrected chi connectivity index (χ3v) is 3.82. The average Bonchev–Trinajstić information content (AvgIpc) is 2.41. The van der Waals surface area contributed by atoms with Crippen molar-refractivity contribution in [3.63, 3.8) is 0 Å². The molecule has 1 unspecified atom stereocenters. The number of carbonyl (C=O) groups excluding carboxylic acids is 1. The van der Waals surface area contributed by atoms with E-state index >= 15 is 0 Å². The molecule has 0 aliphatic carbocycles. The Bertz CT molecular complexity index is 478. The maximum absolute atomic E-state index is 13.4. The van der Waals surface area contributed by atoms with Crippen LogP contribution < -0.4 is 5.73 Å². The molecule has 104 valence electrons. The molecule has 4 nitrogen and oxygen atoms in total. The standard InChI is InChI=1S/C14H20FN3O/c1-3-10-9-18(8-7-17(10)2)14(19)11-5-4-6-12(15)13(11)16/h4-6,10H,3,7-9,16H2,1-2H3. The summed E-state index contributed by atoms with van der Waals surface area (Å²) in [5, 5.41) is 0. The van der Waals surface area contributed by atoms with Crippen molar-refractivity contribution in [1.82, 2.24) is 9.80 Å². The molecule has 2 rings (SSSR count). The summed E-state index contributed by atoms with van der Waals surface area (Å²) in [5.41, 5.74) is 5.86. The van der Waals surface area contributed by atoms with Crippen LogP contribution in [0.25, 0.3) is 0 Å². The molecule has 1 aromatic rings. The fraction of sp³-hybridized carbons (Fsp3) is 0.500. The number of nitrogens with two attached hydrogens (primary N) is 1. The lowest BCUT2D eigenvalue weighted by atomic mass is 10.1. The number of nitrogens with zero attached hydrogens (tertiary/aromatic N) is 2. The molecule has 0 bridgehead atoms. The van der Waals surface area contributed by atoms with Crippen LogP contribution in [-0.4, -0.2) is 48.4 Å². The molecule has 1 heterocycles. The van der Waals surface area contributed by atoms with Crippen LogP contribution in [0.3, 0.4) is 0 Å². The quantitative estimate of drug-likeness (QED) is 0.826. The maximum Gasteiger partial charge on any atom is 0.256 e. The first-order chi connectivity index (χ1) is 9.04. The van der Waals surface area contributed by atoms with E-state index in [1.54, 1.807) is 11.0 Å². The number of anilines is 1. The van der Waals surface area contributed by atoms with Gasteiger partial charge in [-0.1, -0.05) is 13.0 Å². The Morgan fingerprint density at radius 2 is 2.21 bits per heavy atom. The van der Waals surface area contributed by atoms with Crippen molar-refractivity contribution in [1.29, 1.82) is 0 Å². The Morgan fingerprint density at radius 3 is 2.89 bits per heavy atom. The highest BCUT2D eigenvalue weighted by atomic mass is 19.1. The van der Waals surface area contributed by atoms with Gasteiger partial charge in [-0.15, -0.1) is 0 Å². The molecule has 1 amide bonds. The van der Waals surface area contributed by atoms with E-state index in [0.717, 1.165) is 13.0 Å². The van der Waals surface area contributed by atoms with Crippen LogP contribution in [0.1, 0.15) is 23.7 Å². The third-order valence-electron chi connectivity index (χ3n) is 3.82. The second kappa shape index (κ2) is 5.57. The van der Waals surface area contributed by atoms with Gasteiger partial charge in [-0.25, -0.2) is 4.39 Å². The number of hydrogen-bond acceptors (Lipinski definition) is 3. The molecule has 1 atom stereocenters. The molecule has 0 spiro atoms. The van der Waals surface area contributed by atoms with Gasteiger partial charge in [-0.3, -0.25) is 9.69 Å². The van der Waals surface area contributed by atoms with Gasteiger partial charge in [0, 0.05) is 25.7 Å². The van der Waals surface area contributed by atoms with Crippen LogP contribution in [0.5, 0.6) is 0 Å². The van der Waals surface area contributed by atoms with Crippen molar-refractivity contribution in [3.05, 3.63) is 29.6 Å². The Kier molecular flexibility index (Phi) is 4.04. The van der Waals surface area contributed by atoms with Crippen LogP contribution in [-0.2, 0) is 0 Å². The van der Waals surface area contributed by atoms with Crippen LogP contribution >= 0.6 is 0 Å². The molecular formula is C14H20FN3O. The van der Waals surface area contributed by atoms with E-state index in [-0.39, 0.29) is 17.2 Å². The molecule has 1 aliphatic heterocycles. The molecular weight excluding hydrogens is 245 g/mol. The lowest BCUT2D eigenvalue weighted by Crippen LogP contribution is -2.53. The highest BCUT2D eigenvalue weighted by molar-refractivity contribution is 5.99. The Morgan fingerprint density at radius 1 is 1.47 bits per heavy atom. The minimum Gasteiger partial charge on any atom is -0.396 e. The fourth-order valence-corrected chi connectivity index (χ4v) is 2.47. The normalized spacial score (nSPS) is 20.6. The third kappa shape index (κ3) is 2.71. The second-order valence-corrected chi connectivity index (χ2v) is 4.99. The number of likely N-dealkylation sites (N-methyl/N-ethyl adjacent to an activating group) is 1. The number of nitrogen functional groups attached to an aromatic ring is 1. The molecule has 1 saturated heterocycles. The van der Waals surface area contributed by atoms with Gasteiger partial charge in [0.05, 0.1) is 11.3 Å². The summed E-state index contributed by atoms with van der Waals surface area (Å²) in [6.07, 6.45) is 0.985. The van der Waals surface area contributed by atoms with E-state index in [1.165, 1.54) is 12.1 Å². The summed E-state index contributed by atoms with van der Waals surface area (Å²) in [6.45, 7) is 4.26. The number of amides is 1.